The maximum Gasteiger partial charge on any atom is 0.176 e. The summed E-state index contributed by atoms with van der Waals surface area (Å²) in [5, 5.41) is 0. The van der Waals surface area contributed by atoms with E-state index in [1.54, 1.807) is 0 Å². The highest BCUT2D eigenvalue weighted by molar-refractivity contribution is 8.19. The first-order chi connectivity index (χ1) is 5.59. The molecule has 0 aliphatic rings. The average molecular weight is 210 g/mol. The van der Waals surface area contributed by atoms with Gasteiger partial charge < -0.3 is 4.18 Å². The third kappa shape index (κ3) is 2.38. The molecule has 0 radical (unpaired) electrons. The smallest absolute Gasteiger partial charge is 0.176 e. The summed E-state index contributed by atoms with van der Waals surface area (Å²) in [4.78, 5) is 0. The fraction of sp³-hybridized carbons (Fsp3) is 0. The van der Waals surface area contributed by atoms with Gasteiger partial charge in [-0.3, -0.25) is 0 Å². The van der Waals surface area contributed by atoms with Crippen molar-refractivity contribution in [2.24, 2.45) is 0 Å². The summed E-state index contributed by atoms with van der Waals surface area (Å²) in [7, 11) is -2.33. The van der Waals surface area contributed by atoms with Crippen LogP contribution in [0.5, 0.6) is 5.75 Å². The van der Waals surface area contributed by atoms with Gasteiger partial charge >= 0.3 is 0 Å². The molecule has 0 aliphatic heterocycles. The van der Waals surface area contributed by atoms with Crippen molar-refractivity contribution in [3.8, 4) is 5.75 Å². The molecule has 1 aromatic rings. The van der Waals surface area contributed by atoms with Crippen LogP contribution in [0.4, 0.5) is 8.78 Å². The molecule has 0 fully saturated rings. The predicted octanol–water partition coefficient (Wildman–Crippen LogP) is 1.20. The number of hydrogen-bond donors (Lipinski definition) is 1. The Morgan fingerprint density at radius 1 is 1.42 bits per heavy atom. The molecule has 1 rings (SSSR count). The lowest BCUT2D eigenvalue weighted by Gasteiger charge is -1.99. The van der Waals surface area contributed by atoms with Crippen LogP contribution in [0, 0.1) is 11.6 Å². The van der Waals surface area contributed by atoms with Crippen molar-refractivity contribution in [1.29, 1.82) is 0 Å². The molecule has 1 unspecified atom stereocenters. The first-order valence-electron chi connectivity index (χ1n) is 2.87. The minimum absolute atomic E-state index is 0.299. The van der Waals surface area contributed by atoms with E-state index in [2.05, 4.69) is 15.4 Å². The summed E-state index contributed by atoms with van der Waals surface area (Å²) in [5.74, 6) is -1.94. The van der Waals surface area contributed by atoms with Crippen molar-refractivity contribution >= 4 is 20.8 Å². The zero-order valence-corrected chi connectivity index (χ0v) is 7.37. The molecular formula is C6H4F2O2S2. The van der Waals surface area contributed by atoms with Gasteiger partial charge in [0.25, 0.3) is 0 Å². The van der Waals surface area contributed by atoms with E-state index in [1.807, 2.05) is 0 Å². The van der Waals surface area contributed by atoms with Gasteiger partial charge in [0.15, 0.2) is 21.2 Å². The molecule has 12 heavy (non-hydrogen) atoms. The Bertz CT molecular complexity index is 355. The summed E-state index contributed by atoms with van der Waals surface area (Å²) in [6.07, 6.45) is 0. The highest BCUT2D eigenvalue weighted by Gasteiger charge is 2.03. The van der Waals surface area contributed by atoms with Crippen molar-refractivity contribution in [2.45, 2.75) is 0 Å². The Hall–Kier alpha value is -0.750. The van der Waals surface area contributed by atoms with E-state index in [0.29, 0.717) is 6.07 Å². The largest absolute Gasteiger partial charge is 0.399 e. The van der Waals surface area contributed by atoms with E-state index in [0.717, 1.165) is 12.1 Å². The fourth-order valence-electron chi connectivity index (χ4n) is 0.630. The van der Waals surface area contributed by atoms with Crippen LogP contribution in [0.2, 0.25) is 0 Å². The van der Waals surface area contributed by atoms with E-state index >= 15 is 0 Å². The van der Waals surface area contributed by atoms with Gasteiger partial charge in [-0.25, -0.2) is 13.0 Å². The average Bonchev–Trinajstić information content (AvgIpc) is 1.94. The standard InChI is InChI=1S/C6H4F2O2S2/c7-4-1-2-6(5(8)3-4)10-12(9)11/h1-3,12H. The maximum atomic E-state index is 12.7. The van der Waals surface area contributed by atoms with E-state index in [1.165, 1.54) is 0 Å². The van der Waals surface area contributed by atoms with Gasteiger partial charge in [-0.05, 0) is 12.1 Å². The van der Waals surface area contributed by atoms with Gasteiger partial charge in [0.1, 0.15) is 5.82 Å². The molecule has 0 N–H and O–H groups in total. The minimum Gasteiger partial charge on any atom is -0.399 e. The number of benzene rings is 1. The van der Waals surface area contributed by atoms with Crippen LogP contribution < -0.4 is 4.18 Å². The van der Waals surface area contributed by atoms with E-state index in [-0.39, 0.29) is 5.75 Å². The first-order valence-corrected chi connectivity index (χ1v) is 5.06. The number of hydrogen-bond acceptors (Lipinski definition) is 3. The summed E-state index contributed by atoms with van der Waals surface area (Å²) >= 11 is 4.18. The molecule has 0 saturated carbocycles. The molecule has 2 nitrogen and oxygen atoms in total. The van der Waals surface area contributed by atoms with Gasteiger partial charge in [-0.2, -0.15) is 0 Å². The lowest BCUT2D eigenvalue weighted by atomic mass is 10.3. The first kappa shape index (κ1) is 9.34. The molecule has 1 aromatic carbocycles. The molecule has 0 bridgehead atoms. The van der Waals surface area contributed by atoms with Crippen molar-refractivity contribution in [3.63, 3.8) is 0 Å². The molecule has 0 aromatic heterocycles. The van der Waals surface area contributed by atoms with Gasteiger partial charge in [0.2, 0.25) is 0 Å². The molecule has 0 aliphatic carbocycles. The van der Waals surface area contributed by atoms with Crippen LogP contribution in [-0.2, 0) is 20.8 Å². The van der Waals surface area contributed by atoms with Gasteiger partial charge in [-0.1, -0.05) is 0 Å². The maximum absolute atomic E-state index is 12.7. The summed E-state index contributed by atoms with van der Waals surface area (Å²) < 4.78 is 39.7. The zero-order chi connectivity index (χ0) is 9.14. The van der Waals surface area contributed by atoms with Crippen LogP contribution >= 0.6 is 0 Å². The molecule has 0 heterocycles. The Labute approximate surface area is 74.1 Å². The fourth-order valence-corrected chi connectivity index (χ4v) is 1.18. The van der Waals surface area contributed by atoms with Gasteiger partial charge in [0.05, 0.1) is 0 Å². The van der Waals surface area contributed by atoms with Crippen molar-refractivity contribution in [2.75, 3.05) is 0 Å². The molecule has 66 valence electrons. The third-order valence-corrected chi connectivity index (χ3v) is 1.64. The van der Waals surface area contributed by atoms with Crippen molar-refractivity contribution < 1.29 is 17.2 Å². The Morgan fingerprint density at radius 3 is 2.58 bits per heavy atom. The highest BCUT2D eigenvalue weighted by Crippen LogP contribution is 2.17. The monoisotopic (exact) mass is 210 g/mol. The van der Waals surface area contributed by atoms with E-state index in [4.69, 9.17) is 0 Å². The Morgan fingerprint density at radius 2 is 2.08 bits per heavy atom. The molecule has 6 heteroatoms. The van der Waals surface area contributed by atoms with Crippen molar-refractivity contribution in [1.82, 2.24) is 0 Å². The Balaban J connectivity index is 3.01. The lowest BCUT2D eigenvalue weighted by molar-refractivity contribution is 0.509. The Kier molecular flexibility index (Phi) is 2.93. The van der Waals surface area contributed by atoms with Crippen LogP contribution in [0.25, 0.3) is 0 Å². The second-order valence-corrected chi connectivity index (χ2v) is 3.41. The van der Waals surface area contributed by atoms with E-state index in [9.17, 15) is 13.0 Å². The second kappa shape index (κ2) is 3.77. The van der Waals surface area contributed by atoms with Crippen LogP contribution in [0.1, 0.15) is 0 Å². The molecule has 0 amide bonds. The summed E-state index contributed by atoms with van der Waals surface area (Å²) in [6, 6.07) is 2.65. The number of thiol groups is 1. The minimum atomic E-state index is -2.33. The molecule has 1 atom stereocenters. The number of rotatable bonds is 2. The highest BCUT2D eigenvalue weighted by atomic mass is 32.8. The quantitative estimate of drug-likeness (QED) is 0.743. The SMILES string of the molecule is O=[SH](=S)Oc1ccc(F)cc1F. The van der Waals surface area contributed by atoms with Gasteiger partial charge in [-0.15, -0.1) is 0 Å². The van der Waals surface area contributed by atoms with Crippen LogP contribution in [-0.4, -0.2) is 4.21 Å². The lowest BCUT2D eigenvalue weighted by Crippen LogP contribution is -1.92. The zero-order valence-electron chi connectivity index (χ0n) is 5.66. The predicted molar refractivity (Wildman–Crippen MR) is 43.9 cm³/mol. The normalized spacial score (nSPS) is 12.5. The summed E-state index contributed by atoms with van der Waals surface area (Å²) in [5.41, 5.74) is 0. The topological polar surface area (TPSA) is 26.3 Å². The second-order valence-electron chi connectivity index (χ2n) is 1.89. The summed E-state index contributed by atoms with van der Waals surface area (Å²) in [6.45, 7) is 0. The molecular weight excluding hydrogens is 206 g/mol. The third-order valence-electron chi connectivity index (χ3n) is 1.07. The van der Waals surface area contributed by atoms with Crippen LogP contribution in [0.15, 0.2) is 18.2 Å². The number of halogens is 2. The molecule has 0 saturated heterocycles. The van der Waals surface area contributed by atoms with Crippen molar-refractivity contribution in [3.05, 3.63) is 29.8 Å². The van der Waals surface area contributed by atoms with E-state index < -0.39 is 21.3 Å². The molecule has 0 spiro atoms. The van der Waals surface area contributed by atoms with Gasteiger partial charge in [0, 0.05) is 17.3 Å². The van der Waals surface area contributed by atoms with Crippen LogP contribution in [0.3, 0.4) is 0 Å².